The standard InChI is InChI=1S/C19H26N4O2.HI/c1-3-20-19(22-13-14-25-17-10-6-5-7-11-17)23-15-16-9-8-12-21-18(16)24-4-2;/h5-12H,3-4,13-15H2,1-2H3,(H2,20,22,23);1H. The number of guanidine groups is 1. The van der Waals surface area contributed by atoms with E-state index < -0.39 is 0 Å². The maximum absolute atomic E-state index is 5.67. The molecule has 0 spiro atoms. The van der Waals surface area contributed by atoms with E-state index in [9.17, 15) is 0 Å². The van der Waals surface area contributed by atoms with E-state index in [-0.39, 0.29) is 24.0 Å². The quantitative estimate of drug-likeness (QED) is 0.255. The number of para-hydroxylation sites is 1. The van der Waals surface area contributed by atoms with E-state index in [2.05, 4.69) is 20.6 Å². The number of halogens is 1. The Morgan fingerprint density at radius 1 is 1.04 bits per heavy atom. The Kier molecular flexibility index (Phi) is 11.2. The number of nitrogens with one attached hydrogen (secondary N) is 2. The predicted molar refractivity (Wildman–Crippen MR) is 116 cm³/mol. The van der Waals surface area contributed by atoms with E-state index in [0.717, 1.165) is 23.8 Å². The van der Waals surface area contributed by atoms with Crippen molar-refractivity contribution < 1.29 is 9.47 Å². The van der Waals surface area contributed by atoms with E-state index in [1.165, 1.54) is 0 Å². The Morgan fingerprint density at radius 3 is 2.58 bits per heavy atom. The summed E-state index contributed by atoms with van der Waals surface area (Å²) in [5.41, 5.74) is 0.960. The van der Waals surface area contributed by atoms with Crippen molar-refractivity contribution in [2.75, 3.05) is 26.3 Å². The highest BCUT2D eigenvalue weighted by Gasteiger charge is 2.04. The highest BCUT2D eigenvalue weighted by molar-refractivity contribution is 14.0. The Hall–Kier alpha value is -2.03. The molecule has 0 aliphatic heterocycles. The fourth-order valence-corrected chi connectivity index (χ4v) is 2.17. The van der Waals surface area contributed by atoms with Gasteiger partial charge in [-0.15, -0.1) is 24.0 Å². The van der Waals surface area contributed by atoms with E-state index in [0.29, 0.717) is 32.2 Å². The van der Waals surface area contributed by atoms with Crippen molar-refractivity contribution in [3.63, 3.8) is 0 Å². The number of pyridine rings is 1. The van der Waals surface area contributed by atoms with Gasteiger partial charge in [-0.2, -0.15) is 0 Å². The molecular weight excluding hydrogens is 443 g/mol. The molecule has 0 saturated heterocycles. The first-order valence-corrected chi connectivity index (χ1v) is 8.60. The summed E-state index contributed by atoms with van der Waals surface area (Å²) in [5, 5.41) is 6.49. The first-order chi connectivity index (χ1) is 12.3. The van der Waals surface area contributed by atoms with Crippen LogP contribution in [-0.4, -0.2) is 37.2 Å². The smallest absolute Gasteiger partial charge is 0.218 e. The average Bonchev–Trinajstić information content (AvgIpc) is 2.65. The number of benzene rings is 1. The highest BCUT2D eigenvalue weighted by Crippen LogP contribution is 2.15. The predicted octanol–water partition coefficient (Wildman–Crippen LogP) is 3.23. The summed E-state index contributed by atoms with van der Waals surface area (Å²) >= 11 is 0. The van der Waals surface area contributed by atoms with Crippen LogP contribution in [0.5, 0.6) is 11.6 Å². The van der Waals surface area contributed by atoms with Crippen LogP contribution in [0.1, 0.15) is 19.4 Å². The third kappa shape index (κ3) is 7.90. The van der Waals surface area contributed by atoms with Crippen LogP contribution in [0.3, 0.4) is 0 Å². The summed E-state index contributed by atoms with van der Waals surface area (Å²) in [4.78, 5) is 8.84. The lowest BCUT2D eigenvalue weighted by Crippen LogP contribution is -2.39. The second-order valence-electron chi connectivity index (χ2n) is 5.18. The second-order valence-corrected chi connectivity index (χ2v) is 5.18. The minimum Gasteiger partial charge on any atom is -0.492 e. The molecule has 2 aromatic rings. The van der Waals surface area contributed by atoms with Gasteiger partial charge in [-0.1, -0.05) is 24.3 Å². The normalized spacial score (nSPS) is 10.6. The number of ether oxygens (including phenoxy) is 2. The molecule has 0 atom stereocenters. The Labute approximate surface area is 172 Å². The van der Waals surface area contributed by atoms with Crippen molar-refractivity contribution in [1.29, 1.82) is 0 Å². The molecule has 0 radical (unpaired) electrons. The van der Waals surface area contributed by atoms with Gasteiger partial charge in [0.25, 0.3) is 0 Å². The molecule has 6 nitrogen and oxygen atoms in total. The molecule has 26 heavy (non-hydrogen) atoms. The molecule has 0 aliphatic rings. The van der Waals surface area contributed by atoms with Gasteiger partial charge in [-0.05, 0) is 32.0 Å². The lowest BCUT2D eigenvalue weighted by atomic mass is 10.3. The van der Waals surface area contributed by atoms with Crippen molar-refractivity contribution in [2.45, 2.75) is 20.4 Å². The van der Waals surface area contributed by atoms with Crippen molar-refractivity contribution in [2.24, 2.45) is 4.99 Å². The van der Waals surface area contributed by atoms with Gasteiger partial charge in [0.15, 0.2) is 5.96 Å². The van der Waals surface area contributed by atoms with E-state index in [1.54, 1.807) is 6.20 Å². The maximum Gasteiger partial charge on any atom is 0.218 e. The third-order valence-electron chi connectivity index (χ3n) is 3.29. The lowest BCUT2D eigenvalue weighted by molar-refractivity contribution is 0.321. The first kappa shape index (κ1) is 22.0. The zero-order valence-electron chi connectivity index (χ0n) is 15.3. The number of nitrogens with zero attached hydrogens (tertiary/aromatic N) is 2. The zero-order chi connectivity index (χ0) is 17.7. The second kappa shape index (κ2) is 13.2. The molecule has 0 fully saturated rings. The number of aliphatic imine (C=N–C) groups is 1. The molecule has 0 unspecified atom stereocenters. The molecular formula is C19H27IN4O2. The van der Waals surface area contributed by atoms with E-state index >= 15 is 0 Å². The van der Waals surface area contributed by atoms with Crippen LogP contribution < -0.4 is 20.1 Å². The molecule has 1 aromatic carbocycles. The highest BCUT2D eigenvalue weighted by atomic mass is 127. The number of rotatable bonds is 9. The third-order valence-corrected chi connectivity index (χ3v) is 3.29. The van der Waals surface area contributed by atoms with Crippen molar-refractivity contribution in [3.05, 3.63) is 54.2 Å². The summed E-state index contributed by atoms with van der Waals surface area (Å²) in [6.45, 7) is 7.07. The maximum atomic E-state index is 5.67. The average molecular weight is 470 g/mol. The van der Waals surface area contributed by atoms with Gasteiger partial charge in [0.2, 0.25) is 5.88 Å². The lowest BCUT2D eigenvalue weighted by Gasteiger charge is -2.12. The summed E-state index contributed by atoms with van der Waals surface area (Å²) in [6, 6.07) is 13.6. The van der Waals surface area contributed by atoms with Crippen LogP contribution in [-0.2, 0) is 6.54 Å². The fraction of sp³-hybridized carbons (Fsp3) is 0.368. The van der Waals surface area contributed by atoms with Crippen LogP contribution >= 0.6 is 24.0 Å². The minimum atomic E-state index is 0. The van der Waals surface area contributed by atoms with Crippen LogP contribution in [0.2, 0.25) is 0 Å². The van der Waals surface area contributed by atoms with Crippen LogP contribution in [0, 0.1) is 0 Å². The van der Waals surface area contributed by atoms with Gasteiger partial charge in [0.05, 0.1) is 19.7 Å². The van der Waals surface area contributed by atoms with E-state index in [1.807, 2.05) is 56.3 Å². The SMILES string of the molecule is CCNC(=NCc1cccnc1OCC)NCCOc1ccccc1.I. The summed E-state index contributed by atoms with van der Waals surface area (Å²) in [5.74, 6) is 2.24. The summed E-state index contributed by atoms with van der Waals surface area (Å²) in [7, 11) is 0. The van der Waals surface area contributed by atoms with Gasteiger partial charge < -0.3 is 20.1 Å². The zero-order valence-corrected chi connectivity index (χ0v) is 17.6. The number of aromatic nitrogens is 1. The summed E-state index contributed by atoms with van der Waals surface area (Å²) < 4.78 is 11.2. The van der Waals surface area contributed by atoms with Crippen LogP contribution in [0.4, 0.5) is 0 Å². The molecule has 1 aromatic heterocycles. The molecule has 142 valence electrons. The van der Waals surface area contributed by atoms with Crippen LogP contribution in [0.15, 0.2) is 53.7 Å². The molecule has 1 heterocycles. The molecule has 2 rings (SSSR count). The molecule has 0 amide bonds. The molecule has 7 heteroatoms. The largest absolute Gasteiger partial charge is 0.492 e. The van der Waals surface area contributed by atoms with Gasteiger partial charge in [0, 0.05) is 18.3 Å². The Bertz CT molecular complexity index is 653. The fourth-order valence-electron chi connectivity index (χ4n) is 2.17. The van der Waals surface area contributed by atoms with E-state index in [4.69, 9.17) is 9.47 Å². The van der Waals surface area contributed by atoms with Crippen LogP contribution in [0.25, 0.3) is 0 Å². The summed E-state index contributed by atoms with van der Waals surface area (Å²) in [6.07, 6.45) is 1.72. The number of hydrogen-bond donors (Lipinski definition) is 2. The molecule has 0 saturated carbocycles. The van der Waals surface area contributed by atoms with Crippen molar-refractivity contribution in [1.82, 2.24) is 15.6 Å². The Morgan fingerprint density at radius 2 is 1.85 bits per heavy atom. The van der Waals surface area contributed by atoms with Gasteiger partial charge in [-0.25, -0.2) is 9.98 Å². The Balaban J connectivity index is 0.00000338. The topological polar surface area (TPSA) is 67.8 Å². The first-order valence-electron chi connectivity index (χ1n) is 8.60. The van der Waals surface area contributed by atoms with Gasteiger partial charge in [-0.3, -0.25) is 0 Å². The van der Waals surface area contributed by atoms with Gasteiger partial charge >= 0.3 is 0 Å². The van der Waals surface area contributed by atoms with Gasteiger partial charge in [0.1, 0.15) is 12.4 Å². The minimum absolute atomic E-state index is 0. The molecule has 2 N–H and O–H groups in total. The van der Waals surface area contributed by atoms with Crippen molar-refractivity contribution in [3.8, 4) is 11.6 Å². The number of hydrogen-bond acceptors (Lipinski definition) is 4. The monoisotopic (exact) mass is 470 g/mol. The molecule has 0 bridgehead atoms. The van der Waals surface area contributed by atoms with Crippen molar-refractivity contribution >= 4 is 29.9 Å². The molecule has 0 aliphatic carbocycles.